The van der Waals surface area contributed by atoms with Gasteiger partial charge in [0.1, 0.15) is 5.69 Å². The van der Waals surface area contributed by atoms with E-state index in [2.05, 4.69) is 15.3 Å². The van der Waals surface area contributed by atoms with Gasteiger partial charge < -0.3 is 9.84 Å². The Kier molecular flexibility index (Phi) is 4.24. The van der Waals surface area contributed by atoms with Crippen LogP contribution in [0.3, 0.4) is 0 Å². The van der Waals surface area contributed by atoms with Crippen LogP contribution in [0.15, 0.2) is 24.5 Å². The second-order valence-corrected chi connectivity index (χ2v) is 5.11. The highest BCUT2D eigenvalue weighted by Gasteiger charge is 2.16. The fourth-order valence-corrected chi connectivity index (χ4v) is 2.32. The lowest BCUT2D eigenvalue weighted by atomic mass is 10.2. The Morgan fingerprint density at radius 2 is 2.32 bits per heavy atom. The van der Waals surface area contributed by atoms with Crippen molar-refractivity contribution in [2.24, 2.45) is 0 Å². The zero-order valence-electron chi connectivity index (χ0n) is 11.9. The maximum Gasteiger partial charge on any atom is 0.335 e. The predicted octanol–water partition coefficient (Wildman–Crippen LogP) is 1.72. The first-order valence-electron chi connectivity index (χ1n) is 7.10. The first-order valence-corrected chi connectivity index (χ1v) is 7.10. The van der Waals surface area contributed by atoms with E-state index >= 15 is 0 Å². The Morgan fingerprint density at radius 1 is 1.45 bits per heavy atom. The van der Waals surface area contributed by atoms with Crippen LogP contribution < -0.4 is 0 Å². The molecule has 0 saturated carbocycles. The molecule has 2 aromatic rings. The third-order valence-electron chi connectivity index (χ3n) is 3.42. The smallest absolute Gasteiger partial charge is 0.335 e. The molecule has 1 N–H and O–H groups in total. The van der Waals surface area contributed by atoms with E-state index in [1.165, 1.54) is 18.3 Å². The monoisotopic (exact) mass is 300 g/mol. The standard InChI is InChI=1S/C15H16N4O3/c20-15(21)11-5-6-16-12(8-11)3-4-13-9-19(18-17-13)10-14-2-1-7-22-14/h3-6,8-9,14H,1-2,7,10H2,(H,20,21)/b4-3+. The maximum atomic E-state index is 10.9. The SMILES string of the molecule is O=C(O)c1ccnc(/C=C/c2cn(CC3CCCO3)nn2)c1. The molecule has 22 heavy (non-hydrogen) atoms. The second kappa shape index (κ2) is 6.48. The molecule has 3 heterocycles. The molecule has 1 aliphatic heterocycles. The van der Waals surface area contributed by atoms with Crippen molar-refractivity contribution in [3.8, 4) is 0 Å². The molecular formula is C15H16N4O3. The van der Waals surface area contributed by atoms with Crippen molar-refractivity contribution in [1.82, 2.24) is 20.0 Å². The molecule has 7 heteroatoms. The molecule has 0 amide bonds. The zero-order chi connectivity index (χ0) is 15.4. The molecule has 7 nitrogen and oxygen atoms in total. The van der Waals surface area contributed by atoms with E-state index in [-0.39, 0.29) is 11.7 Å². The Labute approximate surface area is 127 Å². The van der Waals surface area contributed by atoms with E-state index in [0.29, 0.717) is 17.9 Å². The summed E-state index contributed by atoms with van der Waals surface area (Å²) in [6.07, 6.45) is 9.14. The van der Waals surface area contributed by atoms with Crippen molar-refractivity contribution in [2.75, 3.05) is 6.61 Å². The van der Waals surface area contributed by atoms with E-state index in [9.17, 15) is 4.79 Å². The third kappa shape index (κ3) is 3.56. The van der Waals surface area contributed by atoms with Gasteiger partial charge in [-0.15, -0.1) is 5.10 Å². The Bertz CT molecular complexity index is 690. The normalized spacial score (nSPS) is 18.1. The van der Waals surface area contributed by atoms with Crippen LogP contribution in [-0.4, -0.2) is 43.8 Å². The van der Waals surface area contributed by atoms with E-state index in [0.717, 1.165) is 19.4 Å². The van der Waals surface area contributed by atoms with Crippen molar-refractivity contribution < 1.29 is 14.6 Å². The van der Waals surface area contributed by atoms with Crippen LogP contribution in [0.1, 0.15) is 34.6 Å². The number of nitrogens with zero attached hydrogens (tertiary/aromatic N) is 4. The highest BCUT2D eigenvalue weighted by molar-refractivity contribution is 5.88. The molecule has 1 saturated heterocycles. The number of carbonyl (C=O) groups is 1. The second-order valence-electron chi connectivity index (χ2n) is 5.11. The molecule has 3 rings (SSSR count). The molecule has 1 aliphatic rings. The van der Waals surface area contributed by atoms with Crippen molar-refractivity contribution >= 4 is 18.1 Å². The van der Waals surface area contributed by atoms with E-state index in [4.69, 9.17) is 9.84 Å². The fraction of sp³-hybridized carbons (Fsp3) is 0.333. The van der Waals surface area contributed by atoms with E-state index in [1.807, 2.05) is 6.20 Å². The van der Waals surface area contributed by atoms with Gasteiger partial charge in [-0.05, 0) is 37.1 Å². The van der Waals surface area contributed by atoms with Crippen LogP contribution in [0.5, 0.6) is 0 Å². The summed E-state index contributed by atoms with van der Waals surface area (Å²) in [5.41, 5.74) is 1.46. The number of hydrogen-bond donors (Lipinski definition) is 1. The van der Waals surface area contributed by atoms with Gasteiger partial charge in [-0.25, -0.2) is 9.48 Å². The topological polar surface area (TPSA) is 90.1 Å². The number of pyridine rings is 1. The number of carboxylic acid groups (broad SMARTS) is 1. The summed E-state index contributed by atoms with van der Waals surface area (Å²) in [7, 11) is 0. The van der Waals surface area contributed by atoms with E-state index < -0.39 is 5.97 Å². The zero-order valence-corrected chi connectivity index (χ0v) is 11.9. The van der Waals surface area contributed by atoms with Crippen molar-refractivity contribution in [2.45, 2.75) is 25.5 Å². The van der Waals surface area contributed by atoms with Crippen LogP contribution in [0.4, 0.5) is 0 Å². The average Bonchev–Trinajstić information content (AvgIpc) is 3.18. The summed E-state index contributed by atoms with van der Waals surface area (Å²) in [5.74, 6) is -0.973. The molecule has 1 unspecified atom stereocenters. The summed E-state index contributed by atoms with van der Waals surface area (Å²) in [5, 5.41) is 17.1. The molecule has 1 atom stereocenters. The lowest BCUT2D eigenvalue weighted by Gasteiger charge is -2.07. The summed E-state index contributed by atoms with van der Waals surface area (Å²) in [6.45, 7) is 1.52. The summed E-state index contributed by atoms with van der Waals surface area (Å²) >= 11 is 0. The molecule has 0 spiro atoms. The Hall–Kier alpha value is -2.54. The van der Waals surface area contributed by atoms with Gasteiger partial charge in [0.25, 0.3) is 0 Å². The van der Waals surface area contributed by atoms with Crippen molar-refractivity contribution in [3.63, 3.8) is 0 Å². The lowest BCUT2D eigenvalue weighted by Crippen LogP contribution is -2.15. The third-order valence-corrected chi connectivity index (χ3v) is 3.42. The number of rotatable bonds is 5. The molecule has 0 aliphatic carbocycles. The van der Waals surface area contributed by atoms with Crippen molar-refractivity contribution in [3.05, 3.63) is 41.5 Å². The molecule has 1 fully saturated rings. The minimum absolute atomic E-state index is 0.205. The van der Waals surface area contributed by atoms with Gasteiger partial charge in [0.05, 0.1) is 30.1 Å². The Balaban J connectivity index is 1.66. The van der Waals surface area contributed by atoms with Gasteiger partial charge in [0, 0.05) is 12.8 Å². The first-order chi connectivity index (χ1) is 10.7. The summed E-state index contributed by atoms with van der Waals surface area (Å²) in [6, 6.07) is 2.97. The van der Waals surface area contributed by atoms with E-state index in [1.54, 1.807) is 16.8 Å². The van der Waals surface area contributed by atoms with Crippen LogP contribution >= 0.6 is 0 Å². The average molecular weight is 300 g/mol. The molecule has 114 valence electrons. The van der Waals surface area contributed by atoms with Crippen LogP contribution in [-0.2, 0) is 11.3 Å². The minimum atomic E-state index is -0.973. The fourth-order valence-electron chi connectivity index (χ4n) is 2.32. The quantitative estimate of drug-likeness (QED) is 0.904. The van der Waals surface area contributed by atoms with Gasteiger partial charge in [-0.1, -0.05) is 5.21 Å². The Morgan fingerprint density at radius 3 is 3.09 bits per heavy atom. The van der Waals surface area contributed by atoms with Gasteiger partial charge in [0.15, 0.2) is 0 Å². The number of aromatic nitrogens is 4. The number of aromatic carboxylic acids is 1. The summed E-state index contributed by atoms with van der Waals surface area (Å²) < 4.78 is 7.32. The number of ether oxygens (including phenoxy) is 1. The molecule has 0 radical (unpaired) electrons. The summed E-state index contributed by atoms with van der Waals surface area (Å²) in [4.78, 5) is 15.0. The molecule has 0 bridgehead atoms. The number of carboxylic acids is 1. The number of hydrogen-bond acceptors (Lipinski definition) is 5. The van der Waals surface area contributed by atoms with Gasteiger partial charge in [-0.2, -0.15) is 0 Å². The van der Waals surface area contributed by atoms with Crippen LogP contribution in [0.2, 0.25) is 0 Å². The molecular weight excluding hydrogens is 284 g/mol. The van der Waals surface area contributed by atoms with Crippen LogP contribution in [0.25, 0.3) is 12.2 Å². The minimum Gasteiger partial charge on any atom is -0.478 e. The van der Waals surface area contributed by atoms with Crippen LogP contribution in [0, 0.1) is 0 Å². The highest BCUT2D eigenvalue weighted by atomic mass is 16.5. The highest BCUT2D eigenvalue weighted by Crippen LogP contribution is 2.14. The van der Waals surface area contributed by atoms with Gasteiger partial charge in [-0.3, -0.25) is 4.98 Å². The van der Waals surface area contributed by atoms with Gasteiger partial charge >= 0.3 is 5.97 Å². The molecule has 0 aromatic carbocycles. The first kappa shape index (κ1) is 14.4. The lowest BCUT2D eigenvalue weighted by molar-refractivity contribution is 0.0696. The van der Waals surface area contributed by atoms with Gasteiger partial charge in [0.2, 0.25) is 0 Å². The maximum absolute atomic E-state index is 10.9. The molecule has 2 aromatic heterocycles. The van der Waals surface area contributed by atoms with Crippen molar-refractivity contribution in [1.29, 1.82) is 0 Å². The largest absolute Gasteiger partial charge is 0.478 e. The predicted molar refractivity (Wildman–Crippen MR) is 79.1 cm³/mol.